The number of fused-ring (bicyclic) bond motifs is 5. The predicted molar refractivity (Wildman–Crippen MR) is 132 cm³/mol. The Labute approximate surface area is 207 Å². The van der Waals surface area contributed by atoms with E-state index in [-0.39, 0.29) is 29.1 Å². The van der Waals surface area contributed by atoms with Crippen molar-refractivity contribution in [2.75, 3.05) is 21.0 Å². The van der Waals surface area contributed by atoms with Gasteiger partial charge >= 0.3 is 5.97 Å². The first-order valence-corrected chi connectivity index (χ1v) is 13.9. The van der Waals surface area contributed by atoms with Gasteiger partial charge in [0.2, 0.25) is 5.78 Å². The van der Waals surface area contributed by atoms with Crippen molar-refractivity contribution in [1.29, 1.82) is 0 Å². The molecule has 4 fully saturated rings. The average Bonchev–Trinajstić information content (AvgIpc) is 3.18. The Bertz CT molecular complexity index is 766. The molecule has 5 heteroatoms. The Morgan fingerprint density at radius 1 is 0.971 bits per heavy atom. The van der Waals surface area contributed by atoms with Crippen LogP contribution in [0.25, 0.3) is 0 Å². The van der Waals surface area contributed by atoms with Gasteiger partial charge in [0.1, 0.15) is 6.79 Å². The SMILES string of the molecule is CC[C@H]1C(OCOC)C2C3CC[C@H]([C@H](C)C(=O)C(=O)OC)[C@@]3(C)CCC2[C@@]2(C)CC[C@@H](C)C[C@@H]12. The second kappa shape index (κ2) is 9.84. The summed E-state index contributed by atoms with van der Waals surface area (Å²) in [4.78, 5) is 24.9. The highest BCUT2D eigenvalue weighted by Gasteiger charge is 2.65. The van der Waals surface area contributed by atoms with Crippen LogP contribution >= 0.6 is 0 Å². The monoisotopic (exact) mass is 476 g/mol. The molecule has 5 nitrogen and oxygen atoms in total. The molecule has 4 unspecified atom stereocenters. The molecule has 194 valence electrons. The first-order chi connectivity index (χ1) is 16.1. The van der Waals surface area contributed by atoms with E-state index in [1.807, 2.05) is 6.92 Å². The van der Waals surface area contributed by atoms with Gasteiger partial charge in [-0.25, -0.2) is 4.79 Å². The van der Waals surface area contributed by atoms with Crippen LogP contribution in [0, 0.1) is 58.2 Å². The van der Waals surface area contributed by atoms with Crippen molar-refractivity contribution >= 4 is 11.8 Å². The number of Topliss-reactive ketones (excluding diaryl/α,β-unsaturated/α-hetero) is 1. The molecule has 0 heterocycles. The molecular weight excluding hydrogens is 428 g/mol. The van der Waals surface area contributed by atoms with Gasteiger partial charge in [0.15, 0.2) is 0 Å². The van der Waals surface area contributed by atoms with Crippen LogP contribution < -0.4 is 0 Å². The van der Waals surface area contributed by atoms with Crippen LogP contribution in [0.5, 0.6) is 0 Å². The van der Waals surface area contributed by atoms with Crippen molar-refractivity contribution < 1.29 is 23.8 Å². The molecule has 0 bridgehead atoms. The Kier molecular flexibility index (Phi) is 7.56. The van der Waals surface area contributed by atoms with E-state index < -0.39 is 5.97 Å². The van der Waals surface area contributed by atoms with Crippen LogP contribution in [0.15, 0.2) is 0 Å². The van der Waals surface area contributed by atoms with Crippen LogP contribution in [-0.2, 0) is 23.8 Å². The van der Waals surface area contributed by atoms with E-state index >= 15 is 0 Å². The van der Waals surface area contributed by atoms with Gasteiger partial charge in [0.05, 0.1) is 13.2 Å². The fourth-order valence-corrected chi connectivity index (χ4v) is 9.85. The molecule has 0 aromatic heterocycles. The molecule has 4 rings (SSSR count). The van der Waals surface area contributed by atoms with Crippen molar-refractivity contribution in [3.8, 4) is 0 Å². The zero-order chi connectivity index (χ0) is 24.8. The van der Waals surface area contributed by atoms with Crippen LogP contribution in [0.1, 0.15) is 86.0 Å². The van der Waals surface area contributed by atoms with Crippen LogP contribution in [0.2, 0.25) is 0 Å². The molecule has 4 aliphatic carbocycles. The lowest BCUT2D eigenvalue weighted by molar-refractivity contribution is -0.231. The van der Waals surface area contributed by atoms with Crippen molar-refractivity contribution in [1.82, 2.24) is 0 Å². The Morgan fingerprint density at radius 2 is 1.65 bits per heavy atom. The van der Waals surface area contributed by atoms with Crippen molar-refractivity contribution in [2.24, 2.45) is 58.2 Å². The summed E-state index contributed by atoms with van der Waals surface area (Å²) in [6.07, 6.45) is 9.85. The normalized spacial score (nSPS) is 46.7. The fourth-order valence-electron chi connectivity index (χ4n) is 9.85. The number of ether oxygens (including phenoxy) is 3. The quantitative estimate of drug-likeness (QED) is 0.260. The summed E-state index contributed by atoms with van der Waals surface area (Å²) in [5, 5.41) is 0. The molecule has 0 aromatic rings. The molecule has 0 aromatic carbocycles. The molecular formula is C29H48O5. The third kappa shape index (κ3) is 3.97. The molecule has 0 aliphatic heterocycles. The number of rotatable bonds is 7. The van der Waals surface area contributed by atoms with Gasteiger partial charge in [-0.15, -0.1) is 0 Å². The second-order valence-electron chi connectivity index (χ2n) is 12.8. The van der Waals surface area contributed by atoms with Crippen molar-refractivity contribution in [2.45, 2.75) is 92.1 Å². The summed E-state index contributed by atoms with van der Waals surface area (Å²) in [6.45, 7) is 12.1. The fraction of sp³-hybridized carbons (Fsp3) is 0.931. The van der Waals surface area contributed by atoms with E-state index in [1.54, 1.807) is 7.11 Å². The average molecular weight is 477 g/mol. The number of carbonyl (C=O) groups excluding carboxylic acids is 2. The third-order valence-corrected chi connectivity index (χ3v) is 11.5. The molecule has 4 aliphatic rings. The molecule has 0 radical (unpaired) electrons. The summed E-state index contributed by atoms with van der Waals surface area (Å²) in [7, 11) is 3.04. The van der Waals surface area contributed by atoms with Crippen LogP contribution in [-0.4, -0.2) is 38.9 Å². The van der Waals surface area contributed by atoms with E-state index in [0.29, 0.717) is 41.8 Å². The number of hydrogen-bond acceptors (Lipinski definition) is 5. The molecule has 34 heavy (non-hydrogen) atoms. The Hall–Kier alpha value is -0.940. The van der Waals surface area contributed by atoms with Crippen molar-refractivity contribution in [3.05, 3.63) is 0 Å². The zero-order valence-corrected chi connectivity index (χ0v) is 22.6. The Balaban J connectivity index is 1.70. The maximum absolute atomic E-state index is 12.8. The molecule has 4 saturated carbocycles. The van der Waals surface area contributed by atoms with E-state index in [9.17, 15) is 9.59 Å². The summed E-state index contributed by atoms with van der Waals surface area (Å²) in [5.41, 5.74) is 0.431. The lowest BCUT2D eigenvalue weighted by Gasteiger charge is -2.65. The van der Waals surface area contributed by atoms with Gasteiger partial charge in [0.25, 0.3) is 0 Å². The molecule has 0 saturated heterocycles. The molecule has 0 amide bonds. The third-order valence-electron chi connectivity index (χ3n) is 11.5. The lowest BCUT2D eigenvalue weighted by atomic mass is 9.41. The molecule has 0 N–H and O–H groups in total. The number of ketones is 1. The van der Waals surface area contributed by atoms with Gasteiger partial charge < -0.3 is 14.2 Å². The van der Waals surface area contributed by atoms with Crippen LogP contribution in [0.3, 0.4) is 0 Å². The van der Waals surface area contributed by atoms with E-state index in [0.717, 1.165) is 31.6 Å². The first kappa shape index (κ1) is 26.1. The number of hydrogen-bond donors (Lipinski definition) is 0. The largest absolute Gasteiger partial charge is 0.463 e. The standard InChI is InChI=1S/C29H48O5/c1-8-19-23-15-17(2)11-13-29(23,5)22-12-14-28(4)20(18(3)25(30)27(31)33-7)9-10-21(28)24(22)26(19)34-16-32-6/h17-24,26H,8-16H2,1-7H3/t17-,18+,19-,20-,21?,22?,23+,24?,26?,28-,29-/m1/s1. The lowest BCUT2D eigenvalue weighted by Crippen LogP contribution is -2.62. The highest BCUT2D eigenvalue weighted by atomic mass is 16.7. The van der Waals surface area contributed by atoms with Gasteiger partial charge in [-0.1, -0.05) is 47.5 Å². The first-order valence-electron chi connectivity index (χ1n) is 13.9. The predicted octanol–water partition coefficient (Wildman–Crippen LogP) is 5.89. The highest BCUT2D eigenvalue weighted by molar-refractivity contribution is 6.34. The topological polar surface area (TPSA) is 61.8 Å². The summed E-state index contributed by atoms with van der Waals surface area (Å²) >= 11 is 0. The minimum absolute atomic E-state index is 0.0579. The molecule has 11 atom stereocenters. The van der Waals surface area contributed by atoms with Crippen LogP contribution in [0.4, 0.5) is 0 Å². The minimum Gasteiger partial charge on any atom is -0.463 e. The van der Waals surface area contributed by atoms with E-state index in [4.69, 9.17) is 14.2 Å². The summed E-state index contributed by atoms with van der Waals surface area (Å²) in [6, 6.07) is 0. The number of methoxy groups -OCH3 is 2. The summed E-state index contributed by atoms with van der Waals surface area (Å²) < 4.78 is 16.9. The minimum atomic E-state index is -0.690. The second-order valence-corrected chi connectivity index (χ2v) is 12.8. The smallest absolute Gasteiger partial charge is 0.374 e. The number of carbonyl (C=O) groups is 2. The van der Waals surface area contributed by atoms with Gasteiger partial charge in [0, 0.05) is 13.0 Å². The Morgan fingerprint density at radius 3 is 2.29 bits per heavy atom. The maximum atomic E-state index is 12.8. The van der Waals surface area contributed by atoms with Gasteiger partial charge in [-0.05, 0) is 90.8 Å². The van der Waals surface area contributed by atoms with Gasteiger partial charge in [-0.3, -0.25) is 4.79 Å². The highest BCUT2D eigenvalue weighted by Crippen LogP contribution is 2.70. The van der Waals surface area contributed by atoms with E-state index in [2.05, 4.69) is 27.7 Å². The van der Waals surface area contributed by atoms with E-state index in [1.165, 1.54) is 32.8 Å². The zero-order valence-electron chi connectivity index (χ0n) is 22.6. The maximum Gasteiger partial charge on any atom is 0.374 e. The summed E-state index contributed by atoms with van der Waals surface area (Å²) in [5.74, 6) is 2.64. The number of esters is 1. The van der Waals surface area contributed by atoms with Crippen molar-refractivity contribution in [3.63, 3.8) is 0 Å². The molecule has 0 spiro atoms. The van der Waals surface area contributed by atoms with Gasteiger partial charge in [-0.2, -0.15) is 0 Å².